The number of nitriles is 1. The molecule has 0 aliphatic rings. The Hall–Kier alpha value is -2.13. The minimum absolute atomic E-state index is 0.0498. The van der Waals surface area contributed by atoms with Crippen LogP contribution in [-0.4, -0.2) is 23.6 Å². The zero-order chi connectivity index (χ0) is 16.0. The molecule has 0 fully saturated rings. The molecule has 1 rings (SSSR count). The normalized spacial score (nSPS) is 13.3. The van der Waals surface area contributed by atoms with E-state index in [2.05, 4.69) is 11.4 Å². The maximum atomic E-state index is 11.1. The first-order valence-electron chi connectivity index (χ1n) is 6.87. The van der Waals surface area contributed by atoms with Crippen LogP contribution in [0.2, 0.25) is 0 Å². The second kappa shape index (κ2) is 7.04. The molecule has 6 heteroatoms. The molecule has 0 aromatic heterocycles. The highest BCUT2D eigenvalue weighted by atomic mass is 16.6. The lowest BCUT2D eigenvalue weighted by Crippen LogP contribution is -2.46. The van der Waals surface area contributed by atoms with E-state index in [1.165, 1.54) is 6.07 Å². The second-order valence-electron chi connectivity index (χ2n) is 5.35. The lowest BCUT2D eigenvalue weighted by Gasteiger charge is -2.23. The molecule has 0 saturated carbocycles. The van der Waals surface area contributed by atoms with Gasteiger partial charge in [0.1, 0.15) is 12.1 Å². The average Bonchev–Trinajstić information content (AvgIpc) is 2.43. The minimum Gasteiger partial charge on any atom is -0.484 e. The summed E-state index contributed by atoms with van der Waals surface area (Å²) in [5.74, 6) is 0.227. The van der Waals surface area contributed by atoms with Crippen molar-refractivity contribution in [2.45, 2.75) is 39.7 Å². The van der Waals surface area contributed by atoms with Crippen molar-refractivity contribution in [2.75, 3.05) is 13.2 Å². The first kappa shape index (κ1) is 16.9. The SMILES string of the molecule is CCCNC(C)(C#N)COc1c(C)cc(C)cc1[N+](=O)[O-]. The Morgan fingerprint density at radius 3 is 2.67 bits per heavy atom. The van der Waals surface area contributed by atoms with Crippen LogP contribution in [0, 0.1) is 35.3 Å². The number of aryl methyl sites for hydroxylation is 2. The predicted octanol–water partition coefficient (Wildman–Crippen LogP) is 2.87. The van der Waals surface area contributed by atoms with Crippen molar-refractivity contribution in [3.8, 4) is 11.8 Å². The van der Waals surface area contributed by atoms with Gasteiger partial charge in [-0.1, -0.05) is 13.0 Å². The quantitative estimate of drug-likeness (QED) is 0.616. The first-order chi connectivity index (χ1) is 9.83. The van der Waals surface area contributed by atoms with Gasteiger partial charge in [0.2, 0.25) is 0 Å². The molecule has 0 bridgehead atoms. The second-order valence-corrected chi connectivity index (χ2v) is 5.35. The molecule has 1 unspecified atom stereocenters. The number of hydrogen-bond acceptors (Lipinski definition) is 5. The maximum absolute atomic E-state index is 11.1. The summed E-state index contributed by atoms with van der Waals surface area (Å²) in [6.45, 7) is 8.01. The largest absolute Gasteiger partial charge is 0.484 e. The summed E-state index contributed by atoms with van der Waals surface area (Å²) in [7, 11) is 0. The monoisotopic (exact) mass is 291 g/mol. The number of nitro benzene ring substituents is 1. The van der Waals surface area contributed by atoms with E-state index in [0.717, 1.165) is 12.0 Å². The van der Waals surface area contributed by atoms with Gasteiger partial charge in [0.05, 0.1) is 11.0 Å². The van der Waals surface area contributed by atoms with Crippen LogP contribution < -0.4 is 10.1 Å². The molecule has 21 heavy (non-hydrogen) atoms. The third-order valence-corrected chi connectivity index (χ3v) is 3.11. The average molecular weight is 291 g/mol. The fourth-order valence-corrected chi connectivity index (χ4v) is 2.00. The first-order valence-corrected chi connectivity index (χ1v) is 6.87. The summed E-state index contributed by atoms with van der Waals surface area (Å²) in [5, 5.41) is 23.5. The van der Waals surface area contributed by atoms with Gasteiger partial charge in [0.25, 0.3) is 0 Å². The number of ether oxygens (including phenoxy) is 1. The third kappa shape index (κ3) is 4.43. The molecule has 0 radical (unpaired) electrons. The lowest BCUT2D eigenvalue weighted by molar-refractivity contribution is -0.386. The molecule has 0 aliphatic heterocycles. The van der Waals surface area contributed by atoms with E-state index in [9.17, 15) is 15.4 Å². The van der Waals surface area contributed by atoms with E-state index in [1.807, 2.05) is 13.0 Å². The Labute approximate surface area is 124 Å². The summed E-state index contributed by atoms with van der Waals surface area (Å²) in [6.07, 6.45) is 0.890. The summed E-state index contributed by atoms with van der Waals surface area (Å²) in [5.41, 5.74) is 0.556. The Morgan fingerprint density at radius 1 is 1.48 bits per heavy atom. The van der Waals surface area contributed by atoms with Crippen molar-refractivity contribution < 1.29 is 9.66 Å². The van der Waals surface area contributed by atoms with Gasteiger partial charge in [0, 0.05) is 6.07 Å². The topological polar surface area (TPSA) is 88.2 Å². The van der Waals surface area contributed by atoms with Crippen molar-refractivity contribution in [3.05, 3.63) is 33.4 Å². The highest BCUT2D eigenvalue weighted by Crippen LogP contribution is 2.32. The highest BCUT2D eigenvalue weighted by molar-refractivity contribution is 5.53. The van der Waals surface area contributed by atoms with E-state index in [0.29, 0.717) is 12.1 Å². The number of rotatable bonds is 7. The molecule has 1 atom stereocenters. The van der Waals surface area contributed by atoms with Crippen LogP contribution in [0.25, 0.3) is 0 Å². The Balaban J connectivity index is 2.98. The molecule has 0 heterocycles. The van der Waals surface area contributed by atoms with Crippen LogP contribution in [0.15, 0.2) is 12.1 Å². The van der Waals surface area contributed by atoms with Gasteiger partial charge in [-0.25, -0.2) is 0 Å². The molecule has 1 aromatic carbocycles. The molecule has 0 amide bonds. The van der Waals surface area contributed by atoms with E-state index in [1.54, 1.807) is 20.8 Å². The zero-order valence-corrected chi connectivity index (χ0v) is 12.9. The molecular weight excluding hydrogens is 270 g/mol. The van der Waals surface area contributed by atoms with Crippen molar-refractivity contribution in [1.29, 1.82) is 5.26 Å². The van der Waals surface area contributed by atoms with Crippen LogP contribution in [0.1, 0.15) is 31.4 Å². The third-order valence-electron chi connectivity index (χ3n) is 3.11. The number of benzene rings is 1. The van der Waals surface area contributed by atoms with Crippen molar-refractivity contribution >= 4 is 5.69 Å². The van der Waals surface area contributed by atoms with Crippen molar-refractivity contribution in [3.63, 3.8) is 0 Å². The summed E-state index contributed by atoms with van der Waals surface area (Å²) in [6, 6.07) is 5.46. The molecule has 114 valence electrons. The standard InChI is InChI=1S/C15H21N3O3/c1-5-6-17-15(4,9-16)10-21-14-12(3)7-11(2)8-13(14)18(19)20/h7-8,17H,5-6,10H2,1-4H3. The lowest BCUT2D eigenvalue weighted by atomic mass is 10.1. The maximum Gasteiger partial charge on any atom is 0.311 e. The Kier molecular flexibility index (Phi) is 5.68. The number of hydrogen-bond donors (Lipinski definition) is 1. The molecule has 0 saturated heterocycles. The van der Waals surface area contributed by atoms with Crippen molar-refractivity contribution in [2.24, 2.45) is 0 Å². The van der Waals surface area contributed by atoms with Crippen LogP contribution in [0.5, 0.6) is 5.75 Å². The summed E-state index contributed by atoms with van der Waals surface area (Å²) >= 11 is 0. The van der Waals surface area contributed by atoms with E-state index >= 15 is 0 Å². The van der Waals surface area contributed by atoms with Crippen LogP contribution >= 0.6 is 0 Å². The van der Waals surface area contributed by atoms with Crippen molar-refractivity contribution in [1.82, 2.24) is 5.32 Å². The van der Waals surface area contributed by atoms with Gasteiger partial charge < -0.3 is 4.74 Å². The fourth-order valence-electron chi connectivity index (χ4n) is 2.00. The highest BCUT2D eigenvalue weighted by Gasteiger charge is 2.26. The van der Waals surface area contributed by atoms with E-state index < -0.39 is 10.5 Å². The van der Waals surface area contributed by atoms with Gasteiger partial charge in [-0.3, -0.25) is 15.4 Å². The van der Waals surface area contributed by atoms with Crippen LogP contribution in [0.4, 0.5) is 5.69 Å². The van der Waals surface area contributed by atoms with Gasteiger partial charge >= 0.3 is 5.69 Å². The van der Waals surface area contributed by atoms with E-state index in [4.69, 9.17) is 4.74 Å². The van der Waals surface area contributed by atoms with Gasteiger partial charge in [0.15, 0.2) is 5.75 Å². The predicted molar refractivity (Wildman–Crippen MR) is 80.4 cm³/mol. The molecule has 6 nitrogen and oxygen atoms in total. The Morgan fingerprint density at radius 2 is 2.14 bits per heavy atom. The zero-order valence-electron chi connectivity index (χ0n) is 12.9. The fraction of sp³-hybridized carbons (Fsp3) is 0.533. The number of nitrogens with one attached hydrogen (secondary N) is 1. The molecular formula is C15H21N3O3. The molecule has 0 aliphatic carbocycles. The van der Waals surface area contributed by atoms with E-state index in [-0.39, 0.29) is 18.0 Å². The molecule has 1 N–H and O–H groups in total. The van der Waals surface area contributed by atoms with Crippen LogP contribution in [0.3, 0.4) is 0 Å². The molecule has 1 aromatic rings. The summed E-state index contributed by atoms with van der Waals surface area (Å²) < 4.78 is 5.61. The minimum atomic E-state index is -0.874. The van der Waals surface area contributed by atoms with Gasteiger partial charge in [-0.15, -0.1) is 0 Å². The number of nitro groups is 1. The smallest absolute Gasteiger partial charge is 0.311 e. The molecule has 0 spiro atoms. The Bertz CT molecular complexity index is 566. The number of nitrogens with zero attached hydrogens (tertiary/aromatic N) is 2. The van der Waals surface area contributed by atoms with Gasteiger partial charge in [-0.05, 0) is 44.9 Å². The van der Waals surface area contributed by atoms with Crippen LogP contribution in [-0.2, 0) is 0 Å². The van der Waals surface area contributed by atoms with Gasteiger partial charge in [-0.2, -0.15) is 5.26 Å². The summed E-state index contributed by atoms with van der Waals surface area (Å²) in [4.78, 5) is 10.7.